The fourth-order valence-electron chi connectivity index (χ4n) is 0.462. The van der Waals surface area contributed by atoms with Gasteiger partial charge in [-0.3, -0.25) is 9.48 Å². The summed E-state index contributed by atoms with van der Waals surface area (Å²) in [5.74, 6) is 0. The first kappa shape index (κ1) is 15.9. The fourth-order valence-corrected chi connectivity index (χ4v) is 0.462. The molecule has 2 nitrogen and oxygen atoms in total. The molecule has 14 heavy (non-hydrogen) atoms. The van der Waals surface area contributed by atoms with Crippen LogP contribution in [0.4, 0.5) is 25.2 Å². The van der Waals surface area contributed by atoms with Crippen molar-refractivity contribution in [1.82, 2.24) is 4.90 Å². The first-order valence-electron chi connectivity index (χ1n) is 3.32. The zero-order chi connectivity index (χ0) is 12.3. The van der Waals surface area contributed by atoms with Gasteiger partial charge in [0, 0.05) is 0 Å². The van der Waals surface area contributed by atoms with Gasteiger partial charge < -0.3 is 0 Å². The maximum atomic E-state index is 9.87. The molecule has 0 N–H and O–H groups in total. The Balaban J connectivity index is 0. The molecular formula is C5H13F6N2P. The molecule has 0 bridgehead atoms. The molecular weight excluding hydrogens is 233 g/mol. The zero-order valence-electron chi connectivity index (χ0n) is 8.19. The Morgan fingerprint density at radius 2 is 1.14 bits per heavy atom. The standard InChI is InChI=1S/C5H13N2.F6P/c1-6(2)5-7(3)4;1-7(2,3,4,5)6/h5H,1-4H3;/q+1;-1. The first-order chi connectivity index (χ1) is 5.58. The molecule has 9 heteroatoms. The molecule has 0 heterocycles. The molecule has 0 saturated heterocycles. The summed E-state index contributed by atoms with van der Waals surface area (Å²) in [4.78, 5) is 2.00. The minimum atomic E-state index is -10.7. The third kappa shape index (κ3) is 104. The summed E-state index contributed by atoms with van der Waals surface area (Å²) in [6.07, 6.45) is 2.00. The molecule has 0 amide bonds. The van der Waals surface area contributed by atoms with E-state index in [1.165, 1.54) is 0 Å². The van der Waals surface area contributed by atoms with E-state index in [0.29, 0.717) is 0 Å². The summed E-state index contributed by atoms with van der Waals surface area (Å²) in [6, 6.07) is 0. The number of nitrogens with zero attached hydrogens (tertiary/aromatic N) is 2. The predicted octanol–water partition coefficient (Wildman–Crippen LogP) is 3.23. The van der Waals surface area contributed by atoms with Gasteiger partial charge in [0.1, 0.15) is 0 Å². The summed E-state index contributed by atoms with van der Waals surface area (Å²) in [5.41, 5.74) is 0. The Hall–Kier alpha value is -0.520. The maximum absolute atomic E-state index is 10.7. The van der Waals surface area contributed by atoms with Crippen LogP contribution in [0.3, 0.4) is 0 Å². The summed E-state index contributed by atoms with van der Waals surface area (Å²) in [6.45, 7) is 0. The van der Waals surface area contributed by atoms with Crippen molar-refractivity contribution in [1.29, 1.82) is 0 Å². The molecule has 0 saturated carbocycles. The topological polar surface area (TPSA) is 6.25 Å². The van der Waals surface area contributed by atoms with Crippen LogP contribution in [0.1, 0.15) is 0 Å². The molecule has 0 atom stereocenters. The average Bonchev–Trinajstić information content (AvgIpc) is 1.46. The molecule has 0 aromatic carbocycles. The van der Waals surface area contributed by atoms with E-state index in [-0.39, 0.29) is 0 Å². The molecule has 0 aliphatic rings. The van der Waals surface area contributed by atoms with Crippen molar-refractivity contribution in [3.63, 3.8) is 0 Å². The van der Waals surface area contributed by atoms with Crippen molar-refractivity contribution in [3.05, 3.63) is 0 Å². The van der Waals surface area contributed by atoms with E-state index in [4.69, 9.17) is 0 Å². The van der Waals surface area contributed by atoms with Crippen molar-refractivity contribution in [2.45, 2.75) is 0 Å². The number of halogens is 6. The van der Waals surface area contributed by atoms with Gasteiger partial charge in [0.2, 0.25) is 6.34 Å². The second-order valence-electron chi connectivity index (χ2n) is 3.00. The number of hydrogen-bond donors (Lipinski definition) is 0. The zero-order valence-corrected chi connectivity index (χ0v) is 9.08. The van der Waals surface area contributed by atoms with Gasteiger partial charge in [0.05, 0.1) is 28.2 Å². The molecule has 0 radical (unpaired) electrons. The summed E-state index contributed by atoms with van der Waals surface area (Å²) in [5, 5.41) is 0. The van der Waals surface area contributed by atoms with Crippen molar-refractivity contribution >= 4 is 14.1 Å². The number of rotatable bonds is 1. The van der Waals surface area contributed by atoms with Gasteiger partial charge in [0.15, 0.2) is 0 Å². The summed E-state index contributed by atoms with van der Waals surface area (Å²) < 4.78 is 61.2. The van der Waals surface area contributed by atoms with E-state index in [1.54, 1.807) is 0 Å². The molecule has 0 rings (SSSR count). The Kier molecular flexibility index (Phi) is 4.06. The first-order valence-corrected chi connectivity index (χ1v) is 5.35. The van der Waals surface area contributed by atoms with Crippen LogP contribution in [0.5, 0.6) is 0 Å². The third-order valence-corrected chi connectivity index (χ3v) is 0.462. The molecule has 0 aromatic heterocycles. The molecule has 0 aliphatic carbocycles. The summed E-state index contributed by atoms with van der Waals surface area (Å²) in [7, 11) is -2.66. The van der Waals surface area contributed by atoms with E-state index in [2.05, 4.69) is 0 Å². The van der Waals surface area contributed by atoms with Gasteiger partial charge >= 0.3 is 33.0 Å². The van der Waals surface area contributed by atoms with Gasteiger partial charge in [-0.1, -0.05) is 0 Å². The van der Waals surface area contributed by atoms with Crippen LogP contribution in [-0.2, 0) is 0 Å². The monoisotopic (exact) mass is 246 g/mol. The Morgan fingerprint density at radius 3 is 1.14 bits per heavy atom. The van der Waals surface area contributed by atoms with E-state index < -0.39 is 7.81 Å². The van der Waals surface area contributed by atoms with Gasteiger partial charge in [-0.2, -0.15) is 0 Å². The molecule has 0 unspecified atom stereocenters. The van der Waals surface area contributed by atoms with Crippen LogP contribution in [-0.4, -0.2) is 44.0 Å². The van der Waals surface area contributed by atoms with E-state index in [1.807, 2.05) is 44.0 Å². The second kappa shape index (κ2) is 3.56. The van der Waals surface area contributed by atoms with Crippen LogP contribution in [0, 0.1) is 0 Å². The minimum absolute atomic E-state index is 2.00. The molecule has 0 fully saturated rings. The molecule has 90 valence electrons. The summed E-state index contributed by atoms with van der Waals surface area (Å²) >= 11 is 0. The Labute approximate surface area is 78.1 Å². The SMILES string of the molecule is CN(C)C=[N+](C)C.F[P-](F)(F)(F)(F)F. The van der Waals surface area contributed by atoms with Gasteiger partial charge in [-0.15, -0.1) is 0 Å². The van der Waals surface area contributed by atoms with Crippen LogP contribution < -0.4 is 0 Å². The van der Waals surface area contributed by atoms with Crippen molar-refractivity contribution in [3.8, 4) is 0 Å². The van der Waals surface area contributed by atoms with Crippen LogP contribution in [0.2, 0.25) is 0 Å². The van der Waals surface area contributed by atoms with Gasteiger partial charge in [0.25, 0.3) is 0 Å². The van der Waals surface area contributed by atoms with E-state index >= 15 is 0 Å². The Bertz CT molecular complexity index is 198. The van der Waals surface area contributed by atoms with Gasteiger partial charge in [-0.05, 0) is 0 Å². The van der Waals surface area contributed by atoms with Crippen LogP contribution >= 0.6 is 7.81 Å². The normalized spacial score (nSPS) is 15.6. The molecule has 0 aromatic rings. The third-order valence-electron chi connectivity index (χ3n) is 0.462. The fraction of sp³-hybridized carbons (Fsp3) is 0.800. The molecule has 0 spiro atoms. The van der Waals surface area contributed by atoms with Crippen molar-refractivity contribution < 1.29 is 29.8 Å². The van der Waals surface area contributed by atoms with Crippen LogP contribution in [0.25, 0.3) is 0 Å². The average molecular weight is 246 g/mol. The quantitative estimate of drug-likeness (QED) is 0.226. The van der Waals surface area contributed by atoms with Crippen molar-refractivity contribution in [2.24, 2.45) is 0 Å². The van der Waals surface area contributed by atoms with Crippen LogP contribution in [0.15, 0.2) is 0 Å². The van der Waals surface area contributed by atoms with E-state index in [0.717, 1.165) is 0 Å². The Morgan fingerprint density at radius 1 is 0.929 bits per heavy atom. The second-order valence-corrected chi connectivity index (χ2v) is 4.92. The molecule has 0 aliphatic heterocycles. The van der Waals surface area contributed by atoms with E-state index in [9.17, 15) is 25.2 Å². The number of hydrogen-bond acceptors (Lipinski definition) is 0. The predicted molar refractivity (Wildman–Crippen MR) is 45.4 cm³/mol. The van der Waals surface area contributed by atoms with Crippen molar-refractivity contribution in [2.75, 3.05) is 28.2 Å². The van der Waals surface area contributed by atoms with Gasteiger partial charge in [-0.25, -0.2) is 0 Å².